The summed E-state index contributed by atoms with van der Waals surface area (Å²) in [5.74, 6) is -3.65. The third kappa shape index (κ3) is 11.2. The predicted octanol–water partition coefficient (Wildman–Crippen LogP) is 5.35. The van der Waals surface area contributed by atoms with Crippen LogP contribution in [0.4, 0.5) is 11.4 Å². The fraction of sp³-hybridized carbons (Fsp3) is 0.439. The van der Waals surface area contributed by atoms with E-state index >= 15 is 0 Å². The second-order valence-electron chi connectivity index (χ2n) is 16.5. The van der Waals surface area contributed by atoms with E-state index in [2.05, 4.69) is 6.58 Å². The Bertz CT molecular complexity index is 2860. The fourth-order valence-electron chi connectivity index (χ4n) is 8.74. The summed E-state index contributed by atoms with van der Waals surface area (Å²) < 4.78 is 137. The summed E-state index contributed by atoms with van der Waals surface area (Å²) in [4.78, 5) is 23.6. The molecule has 2 heterocycles. The van der Waals surface area contributed by atoms with Gasteiger partial charge >= 0.3 is 11.9 Å². The van der Waals surface area contributed by atoms with E-state index in [0.29, 0.717) is 46.8 Å². The molecule has 0 amide bonds. The first-order chi connectivity index (χ1) is 29.5. The molecule has 23 heteroatoms. The summed E-state index contributed by atoms with van der Waals surface area (Å²) in [6, 6.07) is 7.70. The lowest BCUT2D eigenvalue weighted by Crippen LogP contribution is -2.33. The summed E-state index contributed by atoms with van der Waals surface area (Å²) in [5.41, 5.74) is 0.773. The number of aliphatic hydroxyl groups excluding tert-OH is 1. The van der Waals surface area contributed by atoms with Crippen LogP contribution in [0.1, 0.15) is 89.2 Å². The quantitative estimate of drug-likeness (QED) is 0.0444. The van der Waals surface area contributed by atoms with Crippen molar-refractivity contribution in [2.24, 2.45) is 0 Å². The minimum atomic E-state index is -4.72. The number of aliphatic hydroxyl groups is 1. The Morgan fingerprint density at radius 2 is 1.22 bits per heavy atom. The van der Waals surface area contributed by atoms with Gasteiger partial charge in [0.05, 0.1) is 26.7 Å². The van der Waals surface area contributed by atoms with E-state index in [0.717, 1.165) is 12.1 Å². The normalized spacial score (nSPS) is 21.5. The highest BCUT2D eigenvalue weighted by molar-refractivity contribution is 7.86. The minimum absolute atomic E-state index is 0.0434. The van der Waals surface area contributed by atoms with Gasteiger partial charge in [-0.05, 0) is 93.5 Å². The molecule has 0 saturated heterocycles. The van der Waals surface area contributed by atoms with Crippen molar-refractivity contribution < 1.29 is 81.4 Å². The summed E-state index contributed by atoms with van der Waals surface area (Å²) >= 11 is 0. The van der Waals surface area contributed by atoms with Gasteiger partial charge in [-0.1, -0.05) is 19.4 Å². The molecule has 1 aliphatic carbocycles. The maximum Gasteiger partial charge on any atom is 0.303 e. The van der Waals surface area contributed by atoms with E-state index in [1.54, 1.807) is 35.5 Å². The maximum absolute atomic E-state index is 12.3. The predicted molar refractivity (Wildman–Crippen MR) is 234 cm³/mol. The first-order valence-electron chi connectivity index (χ1n) is 20.1. The Balaban J connectivity index is 1.70. The molecule has 2 aromatic rings. The Hall–Kier alpha value is -4.75. The average Bonchev–Trinajstić information content (AvgIpc) is 3.54. The topological polar surface area (TPSA) is 319 Å². The van der Waals surface area contributed by atoms with Gasteiger partial charge in [-0.2, -0.15) is 38.2 Å². The SMILES string of the molecule is C=C1C(=CC2=[N+](CCCS(=O)(=O)O)c3ccc(S(=O)(=O)O)cc3[C@@]2(C)CCCCC(=O)O)C(O)=C1C=C1N(CCCS(=O)(=O)O)c2ccc(S(=O)(=O)O)cc2[C@@]1(C)CCCCC(=O)O. The largest absolute Gasteiger partial charge is 0.507 e. The van der Waals surface area contributed by atoms with Gasteiger partial charge in [0.1, 0.15) is 12.3 Å². The molecule has 0 spiro atoms. The first kappa shape index (κ1) is 50.3. The highest BCUT2D eigenvalue weighted by Crippen LogP contribution is 2.54. The molecule has 2 atom stereocenters. The number of nitrogens with zero attached hydrogens (tertiary/aromatic N) is 2. The lowest BCUT2D eigenvalue weighted by molar-refractivity contribution is -0.437. The van der Waals surface area contributed by atoms with Crippen molar-refractivity contribution >= 4 is 69.5 Å². The molecule has 5 rings (SSSR count). The first-order valence-corrected chi connectivity index (χ1v) is 26.2. The van der Waals surface area contributed by atoms with E-state index in [4.69, 9.17) is 0 Å². The van der Waals surface area contributed by atoms with Crippen molar-refractivity contribution in [3.63, 3.8) is 0 Å². The van der Waals surface area contributed by atoms with Crippen molar-refractivity contribution in [2.75, 3.05) is 29.5 Å². The smallest absolute Gasteiger partial charge is 0.303 e. The molecule has 0 aromatic heterocycles. The zero-order chi connectivity index (χ0) is 47.8. The Kier molecular flexibility index (Phi) is 14.6. The van der Waals surface area contributed by atoms with E-state index in [9.17, 15) is 76.8 Å². The van der Waals surface area contributed by atoms with Crippen molar-refractivity contribution in [1.82, 2.24) is 0 Å². The van der Waals surface area contributed by atoms with Crippen LogP contribution < -0.4 is 4.90 Å². The molecule has 0 saturated carbocycles. The molecule has 350 valence electrons. The number of hydrogen-bond acceptors (Lipinski definition) is 12. The van der Waals surface area contributed by atoms with Crippen LogP contribution in [0.2, 0.25) is 0 Å². The van der Waals surface area contributed by atoms with Crippen LogP contribution in [-0.2, 0) is 60.9 Å². The summed E-state index contributed by atoms with van der Waals surface area (Å²) in [6.45, 7) is 7.62. The third-order valence-electron chi connectivity index (χ3n) is 11.9. The zero-order valence-corrected chi connectivity index (χ0v) is 38.2. The lowest BCUT2D eigenvalue weighted by Gasteiger charge is -2.33. The number of rotatable bonds is 22. The van der Waals surface area contributed by atoms with Gasteiger partial charge in [-0.25, -0.2) is 0 Å². The highest BCUT2D eigenvalue weighted by atomic mass is 32.2. The Labute approximate surface area is 371 Å². The van der Waals surface area contributed by atoms with Gasteiger partial charge in [0.25, 0.3) is 40.5 Å². The second-order valence-corrected chi connectivity index (χ2v) is 22.5. The van der Waals surface area contributed by atoms with E-state index in [1.165, 1.54) is 24.3 Å². The van der Waals surface area contributed by atoms with E-state index < -0.39 is 84.5 Å². The van der Waals surface area contributed by atoms with Crippen LogP contribution in [0.5, 0.6) is 0 Å². The number of anilines is 1. The molecule has 2 aromatic carbocycles. The van der Waals surface area contributed by atoms with Crippen LogP contribution in [0.3, 0.4) is 0 Å². The molecule has 0 fully saturated rings. The van der Waals surface area contributed by atoms with Gasteiger partial charge in [-0.3, -0.25) is 27.8 Å². The maximum atomic E-state index is 12.3. The van der Waals surface area contributed by atoms with Crippen molar-refractivity contribution in [2.45, 2.75) is 98.7 Å². The summed E-state index contributed by atoms with van der Waals surface area (Å²) in [7, 11) is -18.3. The van der Waals surface area contributed by atoms with Gasteiger partial charge in [0.15, 0.2) is 5.71 Å². The van der Waals surface area contributed by atoms with Crippen LogP contribution in [0.15, 0.2) is 93.1 Å². The molecule has 0 radical (unpaired) electrons. The van der Waals surface area contributed by atoms with Gasteiger partial charge < -0.3 is 20.2 Å². The average molecular weight is 972 g/mol. The molecular weight excluding hydrogens is 921 g/mol. The summed E-state index contributed by atoms with van der Waals surface area (Å²) in [6.07, 6.45) is 4.08. The Morgan fingerprint density at radius 3 is 1.73 bits per heavy atom. The van der Waals surface area contributed by atoms with E-state index in [1.807, 2.05) is 0 Å². The number of carbonyl (C=O) groups is 2. The zero-order valence-electron chi connectivity index (χ0n) is 35.0. The third-order valence-corrected chi connectivity index (χ3v) is 15.2. The number of carboxylic acid groups (broad SMARTS) is 2. The van der Waals surface area contributed by atoms with Crippen molar-refractivity contribution in [3.05, 3.63) is 94.4 Å². The number of aliphatic carboxylic acids is 2. The van der Waals surface area contributed by atoms with Crippen molar-refractivity contribution in [1.29, 1.82) is 0 Å². The summed E-state index contributed by atoms with van der Waals surface area (Å²) in [5, 5.41) is 30.5. The molecule has 3 aliphatic rings. The molecule has 19 nitrogen and oxygen atoms in total. The highest BCUT2D eigenvalue weighted by Gasteiger charge is 2.50. The standard InChI is InChI=1S/C41H50N2O17S4/c1-26-29(24-35-40(2,16-6-4-10-37(44)45)31-22-27(63(55,56)57)12-14-33(31)42(35)18-8-20-61(49,50)51)39(48)30(26)25-36-41(3,17-7-5-11-38(46)47)32-23-28(64(58,59)60)13-15-34(32)43(36)19-9-21-62(52,53)54/h12-15,22-25H,1,4-11,16-21H2,2-3H3,(H6-,44,45,46,47,48,49,50,51,52,53,54,55,56,57,58,59,60)/p+1/t40-,41-/m1/s1. The number of benzene rings is 2. The second kappa shape index (κ2) is 18.6. The monoisotopic (exact) mass is 971 g/mol. The van der Waals surface area contributed by atoms with Crippen LogP contribution in [-0.4, -0.2) is 114 Å². The fourth-order valence-corrected chi connectivity index (χ4v) is 10.7. The van der Waals surface area contributed by atoms with Gasteiger partial charge in [-0.15, -0.1) is 0 Å². The Morgan fingerprint density at radius 1 is 0.703 bits per heavy atom. The van der Waals surface area contributed by atoms with Gasteiger partial charge in [0.2, 0.25) is 5.69 Å². The number of hydrogen-bond donors (Lipinski definition) is 7. The molecule has 0 unspecified atom stereocenters. The minimum Gasteiger partial charge on any atom is -0.507 e. The number of allylic oxidation sites excluding steroid dienone is 5. The van der Waals surface area contributed by atoms with E-state index in [-0.39, 0.29) is 86.9 Å². The molecule has 7 N–H and O–H groups in total. The molecule has 64 heavy (non-hydrogen) atoms. The van der Waals surface area contributed by atoms with Crippen LogP contribution >= 0.6 is 0 Å². The number of carboxylic acids is 2. The number of unbranched alkanes of at least 4 members (excludes halogenated alkanes) is 2. The van der Waals surface area contributed by atoms with Crippen LogP contribution in [0, 0.1) is 0 Å². The molecular formula is C41H51N2O17S4+. The lowest BCUT2D eigenvalue weighted by atomic mass is 9.72. The van der Waals surface area contributed by atoms with Crippen molar-refractivity contribution in [3.8, 4) is 0 Å². The number of fused-ring (bicyclic) bond motifs is 2. The van der Waals surface area contributed by atoms with Crippen LogP contribution in [0.25, 0.3) is 0 Å². The van der Waals surface area contributed by atoms with Gasteiger partial charge in [0, 0.05) is 71.5 Å². The molecule has 0 bridgehead atoms. The molecule has 2 aliphatic heterocycles.